The van der Waals surface area contributed by atoms with Crippen molar-refractivity contribution in [2.24, 2.45) is 28.9 Å². The first-order valence-electron chi connectivity index (χ1n) is 28.3. The Bertz CT molecular complexity index is 3210. The predicted molar refractivity (Wildman–Crippen MR) is 330 cm³/mol. The number of carbonyl (C=O) groups is 7. The first-order valence-corrected chi connectivity index (χ1v) is 30.9. The number of amides is 7. The number of phenols is 1. The maximum atomic E-state index is 14.1. The second-order valence-corrected chi connectivity index (χ2v) is 23.3. The number of imidazole rings is 1. The Morgan fingerprint density at radius 1 is 0.713 bits per heavy atom. The molecule has 0 unspecified atom stereocenters. The number of anilines is 1. The summed E-state index contributed by atoms with van der Waals surface area (Å²) < 4.78 is 0. The minimum Gasteiger partial charge on any atom is -0.508 e. The van der Waals surface area contributed by atoms with Gasteiger partial charge in [-0.25, -0.2) is 29.9 Å². The summed E-state index contributed by atoms with van der Waals surface area (Å²) >= 11 is 4.10. The monoisotopic (exact) mass is 1260 g/mol. The summed E-state index contributed by atoms with van der Waals surface area (Å²) in [5.74, 6) is -6.23. The van der Waals surface area contributed by atoms with Crippen molar-refractivity contribution in [3.05, 3.63) is 92.0 Å². The number of rotatable bonds is 38. The number of nitrogen functional groups attached to an aromatic ring is 1. The van der Waals surface area contributed by atoms with Crippen LogP contribution in [0.3, 0.4) is 0 Å². The number of hydrogen-bond donors (Lipinski definition) is 16. The average Bonchev–Trinajstić information content (AvgIpc) is 2.57. The van der Waals surface area contributed by atoms with E-state index < -0.39 is 77.7 Å². The van der Waals surface area contributed by atoms with Crippen molar-refractivity contribution in [3.8, 4) is 27.2 Å². The van der Waals surface area contributed by atoms with Crippen LogP contribution in [0.2, 0.25) is 0 Å². The van der Waals surface area contributed by atoms with E-state index in [1.165, 1.54) is 79.4 Å². The van der Waals surface area contributed by atoms with Crippen LogP contribution in [0.4, 0.5) is 5.82 Å². The largest absolute Gasteiger partial charge is 0.508 e. The number of hydrogen-bond acceptors (Lipinski definition) is 24. The van der Waals surface area contributed by atoms with Crippen molar-refractivity contribution >= 4 is 81.2 Å². The molecule has 29 nitrogen and oxygen atoms in total. The van der Waals surface area contributed by atoms with Gasteiger partial charge in [-0.15, -0.1) is 34.0 Å². The molecule has 0 radical (unpaired) electrons. The van der Waals surface area contributed by atoms with Gasteiger partial charge in [0.25, 0.3) is 11.8 Å². The minimum atomic E-state index is -1.53. The number of aromatic nitrogens is 7. The summed E-state index contributed by atoms with van der Waals surface area (Å²) in [6, 6.07) is 0.322. The molecule has 0 fully saturated rings. The number of carbonyl (C=O) groups excluding carboxylic acids is 7. The van der Waals surface area contributed by atoms with Crippen molar-refractivity contribution in [1.82, 2.24) is 77.4 Å². The quantitative estimate of drug-likeness (QED) is 0.0211. The van der Waals surface area contributed by atoms with E-state index in [4.69, 9.17) is 38.6 Å². The highest BCUT2D eigenvalue weighted by molar-refractivity contribution is 7.16. The van der Waals surface area contributed by atoms with E-state index in [1.54, 1.807) is 17.5 Å². The topological polar surface area (TPSA) is 479 Å². The molecule has 7 atom stereocenters. The fourth-order valence-corrected chi connectivity index (χ4v) is 11.0. The van der Waals surface area contributed by atoms with Crippen LogP contribution in [0.25, 0.3) is 21.4 Å². The predicted octanol–water partition coefficient (Wildman–Crippen LogP) is -0.825. The third-order valence-corrected chi connectivity index (χ3v) is 16.3. The number of unbranched alkanes of at least 4 members (excludes halogenated alkanes) is 1. The van der Waals surface area contributed by atoms with Gasteiger partial charge in [0, 0.05) is 78.9 Å². The molecule has 0 aliphatic carbocycles. The van der Waals surface area contributed by atoms with Crippen LogP contribution in [-0.4, -0.2) is 169 Å². The molecule has 0 saturated carbocycles. The lowest BCUT2D eigenvalue weighted by Gasteiger charge is -2.28. The maximum absolute atomic E-state index is 14.1. The number of benzene rings is 1. The summed E-state index contributed by atoms with van der Waals surface area (Å²) in [5.41, 5.74) is 30.8. The van der Waals surface area contributed by atoms with E-state index in [0.717, 1.165) is 51.9 Å². The van der Waals surface area contributed by atoms with E-state index in [1.807, 2.05) is 10.8 Å². The highest BCUT2D eigenvalue weighted by Gasteiger charge is 2.34. The average molecular weight is 1260 g/mol. The lowest BCUT2D eigenvalue weighted by molar-refractivity contribution is -0.134. The van der Waals surface area contributed by atoms with Gasteiger partial charge in [-0.1, -0.05) is 19.1 Å². The second kappa shape index (κ2) is 34.4. The molecule has 0 aliphatic rings. The van der Waals surface area contributed by atoms with Gasteiger partial charge in [0.05, 0.1) is 41.5 Å². The lowest BCUT2D eigenvalue weighted by Crippen LogP contribution is -2.56. The number of phenolic OH excluding ortho intramolecular Hbond substituents is 1. The van der Waals surface area contributed by atoms with Crippen LogP contribution in [0.5, 0.6) is 5.75 Å². The molecule has 6 aromatic rings. The molecular weight excluding hydrogens is 1180 g/mol. The summed E-state index contributed by atoms with van der Waals surface area (Å²) in [7, 11) is 0. The first kappa shape index (κ1) is 68.2. The highest BCUT2D eigenvalue weighted by atomic mass is 32.1. The smallest absolute Gasteiger partial charge is 0.271 e. The van der Waals surface area contributed by atoms with Gasteiger partial charge >= 0.3 is 0 Å². The lowest BCUT2D eigenvalue weighted by atomic mass is 9.96. The van der Waals surface area contributed by atoms with Crippen LogP contribution in [-0.2, 0) is 43.2 Å². The van der Waals surface area contributed by atoms with Crippen LogP contribution in [0, 0.1) is 12.8 Å². The van der Waals surface area contributed by atoms with Crippen molar-refractivity contribution in [2.75, 3.05) is 58.1 Å². The van der Waals surface area contributed by atoms with Gasteiger partial charge in [0.1, 0.15) is 62.3 Å². The maximum Gasteiger partial charge on any atom is 0.271 e. The van der Waals surface area contributed by atoms with E-state index >= 15 is 0 Å². The molecule has 0 spiro atoms. The van der Waals surface area contributed by atoms with Crippen molar-refractivity contribution in [2.45, 2.75) is 108 Å². The number of aromatic amines is 1. The molecule has 87 heavy (non-hydrogen) atoms. The number of nitrogens with two attached hydrogens (primary N) is 5. The van der Waals surface area contributed by atoms with Crippen molar-refractivity contribution in [1.29, 1.82) is 0 Å². The number of primary amides is 2. The molecule has 0 saturated heterocycles. The van der Waals surface area contributed by atoms with Gasteiger partial charge in [-0.05, 0) is 90.0 Å². The molecule has 0 bridgehead atoms. The van der Waals surface area contributed by atoms with E-state index in [-0.39, 0.29) is 66.9 Å². The number of thiazole rings is 3. The van der Waals surface area contributed by atoms with E-state index in [0.29, 0.717) is 62.9 Å². The van der Waals surface area contributed by atoms with Crippen molar-refractivity contribution < 1.29 is 43.8 Å². The SMILES string of the molecule is Cc1c(N)nc([C@H](CC(N)=O)NC[C@H](N)C(N)=O)nc1C(=O)N[C@@H](Cc1cnc[nH]1)C(=O)N[C@H](C)[C@@H](O)[C@H](C)C(=O)N[C@@H](Cc1ccc(O)cc1)C(=O)NCCc1nc(-c2nc(-c3nc(C(=O)NCCCNCCCCNCCCN)cs3)cs2)cs1. The zero-order valence-corrected chi connectivity index (χ0v) is 51.0. The Hall–Kier alpha value is -7.95. The summed E-state index contributed by atoms with van der Waals surface area (Å²) in [5, 5.41) is 52.5. The normalized spacial score (nSPS) is 13.8. The molecular formula is C55H78N20O9S3. The molecule has 6 rings (SSSR count). The Balaban J connectivity index is 1.02. The Morgan fingerprint density at radius 2 is 1.38 bits per heavy atom. The Kier molecular flexibility index (Phi) is 27.0. The first-order chi connectivity index (χ1) is 41.7. The van der Waals surface area contributed by atoms with Crippen LogP contribution >= 0.6 is 34.0 Å². The Morgan fingerprint density at radius 3 is 2.07 bits per heavy atom. The van der Waals surface area contributed by atoms with Crippen molar-refractivity contribution in [3.63, 3.8) is 0 Å². The number of nitrogens with zero attached hydrogens (tertiary/aromatic N) is 6. The Labute approximate surface area is 514 Å². The summed E-state index contributed by atoms with van der Waals surface area (Å²) in [4.78, 5) is 122. The van der Waals surface area contributed by atoms with Gasteiger partial charge in [-0.3, -0.25) is 33.6 Å². The fourth-order valence-electron chi connectivity index (χ4n) is 8.59. The standard InChI is InChI=1S/C55H78N20O9S3/c1-29-44(74-48(75-46(29)59)36(22-42(58)77)66-24-35(57)47(60)79)53(84)71-38(21-33-23-63-28-67-33)52(83)68-31(3)45(78)30(2)49(80)70-37(20-32-8-10-34(76)11-9-32)50(81)65-19-12-43-69-40(26-85-43)54-73-41(27-87-54)55-72-39(25-86-55)51(82)64-18-7-17-62-15-5-4-14-61-16-6-13-56/h8-11,23,25-28,30-31,35-38,45,61-62,66,76,78H,4-7,12-22,24,56-57H2,1-3H3,(H2,58,77)(H2,60,79)(H,63,67)(H,64,82)(H,65,81)(H,68,83)(H,70,80)(H,71,84)(H2,59,74,75)/t30-,31+,35-,36-,37-,38-,45-/m0/s1. The molecule has 5 heterocycles. The van der Waals surface area contributed by atoms with Crippen LogP contribution in [0.15, 0.2) is 52.9 Å². The van der Waals surface area contributed by atoms with E-state index in [2.05, 4.69) is 67.5 Å². The number of aromatic hydroxyl groups is 1. The molecule has 0 aliphatic heterocycles. The minimum absolute atomic E-state index is 0.00332. The van der Waals surface area contributed by atoms with Gasteiger partial charge < -0.3 is 86.4 Å². The molecule has 470 valence electrons. The number of nitrogens with one attached hydrogen (secondary N) is 9. The zero-order chi connectivity index (χ0) is 63.0. The third kappa shape index (κ3) is 21.5. The van der Waals surface area contributed by atoms with Gasteiger partial charge in [0.15, 0.2) is 0 Å². The number of aliphatic hydroxyl groups excluding tert-OH is 1. The second-order valence-electron chi connectivity index (χ2n) is 20.6. The fraction of sp³-hybridized carbons (Fsp3) is 0.473. The van der Waals surface area contributed by atoms with Crippen LogP contribution in [0.1, 0.15) is 101 Å². The number of H-pyrrole nitrogens is 1. The molecule has 21 N–H and O–H groups in total. The molecule has 32 heteroatoms. The zero-order valence-electron chi connectivity index (χ0n) is 48.6. The summed E-state index contributed by atoms with van der Waals surface area (Å²) in [6.45, 7) is 9.16. The number of aliphatic hydroxyl groups is 1. The van der Waals surface area contributed by atoms with E-state index in [9.17, 15) is 43.8 Å². The van der Waals surface area contributed by atoms with Crippen LogP contribution < -0.4 is 71.2 Å². The molecule has 7 amide bonds. The third-order valence-electron chi connectivity index (χ3n) is 13.7. The molecule has 1 aromatic carbocycles. The van der Waals surface area contributed by atoms with Gasteiger partial charge in [-0.2, -0.15) is 0 Å². The van der Waals surface area contributed by atoms with Gasteiger partial charge in [0.2, 0.25) is 29.5 Å². The molecule has 5 aromatic heterocycles. The summed E-state index contributed by atoms with van der Waals surface area (Å²) in [6.07, 6.45) is 5.07. The highest BCUT2D eigenvalue weighted by Crippen LogP contribution is 2.31.